The summed E-state index contributed by atoms with van der Waals surface area (Å²) in [6, 6.07) is 0.507. The number of aliphatic imine (C=N–C) groups is 1. The van der Waals surface area contributed by atoms with Crippen LogP contribution in [0.15, 0.2) is 4.99 Å². The molecule has 0 unspecified atom stereocenters. The summed E-state index contributed by atoms with van der Waals surface area (Å²) in [4.78, 5) is 9.29. The van der Waals surface area contributed by atoms with Crippen LogP contribution in [0.5, 0.6) is 0 Å². The van der Waals surface area contributed by atoms with Crippen molar-refractivity contribution in [2.75, 3.05) is 32.7 Å². The Labute approximate surface area is 111 Å². The maximum Gasteiger partial charge on any atom is 0.208 e. The van der Waals surface area contributed by atoms with Crippen molar-refractivity contribution in [2.24, 2.45) is 10.8 Å². The van der Waals surface area contributed by atoms with E-state index in [1.54, 1.807) is 0 Å². The van der Waals surface area contributed by atoms with E-state index in [0.717, 1.165) is 45.1 Å². The molecule has 1 aliphatic rings. The van der Waals surface area contributed by atoms with Crippen LogP contribution in [0, 0.1) is 0 Å². The molecule has 0 aromatic carbocycles. The van der Waals surface area contributed by atoms with E-state index >= 15 is 0 Å². The summed E-state index contributed by atoms with van der Waals surface area (Å²) in [6.45, 7) is 11.9. The van der Waals surface area contributed by atoms with Crippen molar-refractivity contribution < 1.29 is 0 Å². The van der Waals surface area contributed by atoms with Gasteiger partial charge >= 0.3 is 0 Å². The average molecular weight is 255 g/mol. The third kappa shape index (κ3) is 5.23. The van der Waals surface area contributed by atoms with E-state index < -0.39 is 0 Å². The molecule has 0 atom stereocenters. The normalized spacial score (nSPS) is 16.2. The second-order valence-electron chi connectivity index (χ2n) is 4.79. The molecule has 5 nitrogen and oxygen atoms in total. The zero-order chi connectivity index (χ0) is 13.4. The number of nitrogens with one attached hydrogen (secondary N) is 1. The monoisotopic (exact) mass is 255 g/mol. The lowest BCUT2D eigenvalue weighted by Gasteiger charge is -2.25. The minimum Gasteiger partial charge on any atom is -0.342 e. The molecule has 0 radical (unpaired) electrons. The predicted molar refractivity (Wildman–Crippen MR) is 77.4 cm³/mol. The molecule has 18 heavy (non-hydrogen) atoms. The van der Waals surface area contributed by atoms with Crippen LogP contribution in [-0.2, 0) is 0 Å². The summed E-state index contributed by atoms with van der Waals surface area (Å²) in [6.07, 6.45) is 3.57. The number of rotatable bonds is 8. The van der Waals surface area contributed by atoms with Crippen molar-refractivity contribution in [3.63, 3.8) is 0 Å². The highest BCUT2D eigenvalue weighted by Crippen LogP contribution is 2.23. The molecule has 5 heteroatoms. The van der Waals surface area contributed by atoms with E-state index in [2.05, 4.69) is 41.0 Å². The summed E-state index contributed by atoms with van der Waals surface area (Å²) in [5.74, 6) is 6.44. The first-order valence-electron chi connectivity index (χ1n) is 7.26. The molecule has 0 bridgehead atoms. The third-order valence-electron chi connectivity index (χ3n) is 3.46. The van der Waals surface area contributed by atoms with Gasteiger partial charge in [-0.25, -0.2) is 10.8 Å². The van der Waals surface area contributed by atoms with Gasteiger partial charge in [0.05, 0.1) is 6.04 Å². The highest BCUT2D eigenvalue weighted by molar-refractivity contribution is 5.79. The van der Waals surface area contributed by atoms with Gasteiger partial charge in [0.15, 0.2) is 0 Å². The Bertz CT molecular complexity index is 246. The summed E-state index contributed by atoms with van der Waals surface area (Å²) >= 11 is 0. The molecule has 3 N–H and O–H groups in total. The Balaban J connectivity index is 2.35. The van der Waals surface area contributed by atoms with Gasteiger partial charge in [0.25, 0.3) is 0 Å². The summed E-state index contributed by atoms with van der Waals surface area (Å²) in [5, 5.41) is 0. The quantitative estimate of drug-likeness (QED) is 0.294. The standard InChI is InChI=1S/C13H29N5/c1-4-17(5-2)10-7-11-18(6-3)13(16-14)15-12-8-9-12/h12H,4-11,14H2,1-3H3,(H,15,16). The zero-order valence-corrected chi connectivity index (χ0v) is 12.2. The number of nitrogens with two attached hydrogens (primary N) is 1. The molecule has 0 spiro atoms. The minimum absolute atomic E-state index is 0.507. The lowest BCUT2D eigenvalue weighted by Crippen LogP contribution is -2.46. The van der Waals surface area contributed by atoms with Gasteiger partial charge < -0.3 is 9.80 Å². The Kier molecular flexibility index (Phi) is 7.05. The van der Waals surface area contributed by atoms with Crippen LogP contribution in [0.2, 0.25) is 0 Å². The summed E-state index contributed by atoms with van der Waals surface area (Å²) in [5.41, 5.74) is 2.75. The molecule has 0 heterocycles. The van der Waals surface area contributed by atoms with Crippen LogP contribution in [0.3, 0.4) is 0 Å². The van der Waals surface area contributed by atoms with Crippen LogP contribution in [0.1, 0.15) is 40.0 Å². The van der Waals surface area contributed by atoms with E-state index in [9.17, 15) is 0 Å². The van der Waals surface area contributed by atoms with Gasteiger partial charge in [0.2, 0.25) is 5.96 Å². The number of guanidine groups is 1. The maximum absolute atomic E-state index is 5.58. The van der Waals surface area contributed by atoms with Gasteiger partial charge in [-0.2, -0.15) is 0 Å². The van der Waals surface area contributed by atoms with E-state index in [1.807, 2.05) is 0 Å². The maximum atomic E-state index is 5.58. The number of hydrogen-bond donors (Lipinski definition) is 2. The van der Waals surface area contributed by atoms with Gasteiger partial charge in [-0.15, -0.1) is 0 Å². The van der Waals surface area contributed by atoms with E-state index in [1.165, 1.54) is 12.8 Å². The first-order chi connectivity index (χ1) is 8.74. The van der Waals surface area contributed by atoms with Gasteiger partial charge in [-0.1, -0.05) is 13.8 Å². The van der Waals surface area contributed by atoms with Gasteiger partial charge in [0.1, 0.15) is 0 Å². The number of hydrogen-bond acceptors (Lipinski definition) is 3. The third-order valence-corrected chi connectivity index (χ3v) is 3.46. The Morgan fingerprint density at radius 1 is 1.17 bits per heavy atom. The topological polar surface area (TPSA) is 56.9 Å². The van der Waals surface area contributed by atoms with E-state index in [-0.39, 0.29) is 0 Å². The fraction of sp³-hybridized carbons (Fsp3) is 0.923. The fourth-order valence-corrected chi connectivity index (χ4v) is 2.03. The van der Waals surface area contributed by atoms with Crippen molar-refractivity contribution in [1.29, 1.82) is 0 Å². The summed E-state index contributed by atoms with van der Waals surface area (Å²) in [7, 11) is 0. The second-order valence-corrected chi connectivity index (χ2v) is 4.79. The first kappa shape index (κ1) is 15.2. The molecule has 0 aromatic heterocycles. The fourth-order valence-electron chi connectivity index (χ4n) is 2.03. The Morgan fingerprint density at radius 2 is 1.83 bits per heavy atom. The lowest BCUT2D eigenvalue weighted by atomic mass is 10.3. The second kappa shape index (κ2) is 8.32. The van der Waals surface area contributed by atoms with E-state index in [4.69, 9.17) is 5.84 Å². The van der Waals surface area contributed by atoms with Crippen LogP contribution in [0.25, 0.3) is 0 Å². The highest BCUT2D eigenvalue weighted by Gasteiger charge is 2.22. The predicted octanol–water partition coefficient (Wildman–Crippen LogP) is 1.02. The van der Waals surface area contributed by atoms with Crippen molar-refractivity contribution >= 4 is 5.96 Å². The molecular weight excluding hydrogens is 226 g/mol. The van der Waals surface area contributed by atoms with Gasteiger partial charge in [0, 0.05) is 13.1 Å². The number of hydrazine groups is 1. The molecule has 106 valence electrons. The molecule has 1 saturated carbocycles. The molecule has 1 aliphatic carbocycles. The van der Waals surface area contributed by atoms with Crippen LogP contribution in [-0.4, -0.2) is 54.5 Å². The Hall–Kier alpha value is -0.810. The van der Waals surface area contributed by atoms with Crippen molar-refractivity contribution in [1.82, 2.24) is 15.2 Å². The molecule has 0 aliphatic heterocycles. The van der Waals surface area contributed by atoms with Crippen molar-refractivity contribution in [3.8, 4) is 0 Å². The first-order valence-corrected chi connectivity index (χ1v) is 7.26. The van der Waals surface area contributed by atoms with Crippen molar-refractivity contribution in [3.05, 3.63) is 0 Å². The van der Waals surface area contributed by atoms with Crippen LogP contribution < -0.4 is 11.3 Å². The molecule has 1 rings (SSSR count). The van der Waals surface area contributed by atoms with Crippen molar-refractivity contribution in [2.45, 2.75) is 46.1 Å². The molecule has 1 fully saturated rings. The van der Waals surface area contributed by atoms with Gasteiger partial charge in [-0.3, -0.25) is 5.43 Å². The largest absolute Gasteiger partial charge is 0.342 e. The highest BCUT2D eigenvalue weighted by atomic mass is 15.4. The molecule has 0 saturated heterocycles. The smallest absolute Gasteiger partial charge is 0.208 e. The SMILES string of the molecule is CCN(CC)CCCN(CC)C(=NC1CC1)NN. The van der Waals surface area contributed by atoms with E-state index in [0.29, 0.717) is 6.04 Å². The number of nitrogens with zero attached hydrogens (tertiary/aromatic N) is 3. The van der Waals surface area contributed by atoms with Crippen LogP contribution >= 0.6 is 0 Å². The lowest BCUT2D eigenvalue weighted by molar-refractivity contribution is 0.282. The minimum atomic E-state index is 0.507. The Morgan fingerprint density at radius 3 is 2.28 bits per heavy atom. The van der Waals surface area contributed by atoms with Gasteiger partial charge in [-0.05, 0) is 45.8 Å². The zero-order valence-electron chi connectivity index (χ0n) is 12.2. The molecular formula is C13H29N5. The average Bonchev–Trinajstić information content (AvgIpc) is 3.21. The van der Waals surface area contributed by atoms with Crippen LogP contribution in [0.4, 0.5) is 0 Å². The summed E-state index contributed by atoms with van der Waals surface area (Å²) < 4.78 is 0. The molecule has 0 aromatic rings. The molecule has 0 amide bonds.